The largest absolute Gasteiger partial charge is 0.348 e. The highest BCUT2D eigenvalue weighted by atomic mass is 32.1. The van der Waals surface area contributed by atoms with E-state index in [9.17, 15) is 14.9 Å². The van der Waals surface area contributed by atoms with Crippen LogP contribution in [-0.4, -0.2) is 22.9 Å². The van der Waals surface area contributed by atoms with E-state index in [-0.39, 0.29) is 33.8 Å². The van der Waals surface area contributed by atoms with Crippen LogP contribution in [0, 0.1) is 20.9 Å². The third-order valence-corrected chi connectivity index (χ3v) is 5.27. The van der Waals surface area contributed by atoms with E-state index < -0.39 is 4.92 Å². The molecule has 0 aliphatic heterocycles. The summed E-state index contributed by atoms with van der Waals surface area (Å²) in [4.78, 5) is 22.3. The Labute approximate surface area is 121 Å². The highest BCUT2D eigenvalue weighted by Gasteiger charge is 2.60. The van der Waals surface area contributed by atoms with Gasteiger partial charge in [0.2, 0.25) is 0 Å². The zero-order valence-electron chi connectivity index (χ0n) is 12.0. The minimum absolute atomic E-state index is 0.00268. The quantitative estimate of drug-likeness (QED) is 0.659. The number of nitro groups is 1. The summed E-state index contributed by atoms with van der Waals surface area (Å²) in [6.07, 6.45) is 0. The van der Waals surface area contributed by atoms with Crippen LogP contribution in [0.25, 0.3) is 0 Å². The van der Waals surface area contributed by atoms with E-state index in [4.69, 9.17) is 5.73 Å². The van der Waals surface area contributed by atoms with Crippen molar-refractivity contribution in [3.05, 3.63) is 27.1 Å². The van der Waals surface area contributed by atoms with Gasteiger partial charge >= 0.3 is 5.00 Å². The van der Waals surface area contributed by atoms with E-state index >= 15 is 0 Å². The van der Waals surface area contributed by atoms with Gasteiger partial charge in [-0.2, -0.15) is 0 Å². The number of hydrogen-bond donors (Lipinski definition) is 2. The fourth-order valence-electron chi connectivity index (χ4n) is 3.31. The molecule has 0 aromatic carbocycles. The molecule has 1 heterocycles. The number of thiophene rings is 1. The number of nitrogens with two attached hydrogens (primary N) is 1. The molecule has 110 valence electrons. The average Bonchev–Trinajstić information content (AvgIpc) is 2.84. The predicted octanol–water partition coefficient (Wildman–Crippen LogP) is 2.15. The van der Waals surface area contributed by atoms with Crippen LogP contribution < -0.4 is 11.1 Å². The Kier molecular flexibility index (Phi) is 3.38. The molecule has 20 heavy (non-hydrogen) atoms. The number of carbonyl (C=O) groups excluding carboxylic acids is 1. The van der Waals surface area contributed by atoms with E-state index in [1.54, 1.807) is 0 Å². The monoisotopic (exact) mass is 297 g/mol. The van der Waals surface area contributed by atoms with Gasteiger partial charge in [-0.15, -0.1) is 0 Å². The van der Waals surface area contributed by atoms with Gasteiger partial charge in [0.05, 0.1) is 10.5 Å². The highest BCUT2D eigenvalue weighted by molar-refractivity contribution is 7.13. The SMILES string of the molecule is CC1(C)C(N)C(C)(C)C1NC(=O)c1csc([N+](=O)[O-])c1. The lowest BCUT2D eigenvalue weighted by Crippen LogP contribution is -2.76. The second kappa shape index (κ2) is 4.53. The molecule has 1 saturated carbocycles. The van der Waals surface area contributed by atoms with Crippen molar-refractivity contribution >= 4 is 22.2 Å². The van der Waals surface area contributed by atoms with Crippen LogP contribution in [0.2, 0.25) is 0 Å². The summed E-state index contributed by atoms with van der Waals surface area (Å²) in [6, 6.07) is 1.24. The lowest BCUT2D eigenvalue weighted by Gasteiger charge is -2.62. The molecule has 0 unspecified atom stereocenters. The Bertz CT molecular complexity index is 549. The summed E-state index contributed by atoms with van der Waals surface area (Å²) in [6.45, 7) is 8.07. The Morgan fingerprint density at radius 3 is 2.40 bits per heavy atom. The standard InChI is InChI=1S/C13H19N3O3S/c1-12(2)10(14)13(3,4)11(12)15-9(17)7-5-8(16(18)19)20-6-7/h5-6,10-11H,14H2,1-4H3,(H,15,17). The molecule has 0 bridgehead atoms. The number of rotatable bonds is 3. The first kappa shape index (κ1) is 14.9. The molecule has 1 aromatic heterocycles. The molecule has 0 saturated heterocycles. The zero-order valence-corrected chi connectivity index (χ0v) is 12.8. The van der Waals surface area contributed by atoms with Gasteiger partial charge in [0, 0.05) is 34.4 Å². The molecule has 1 aromatic rings. The second-order valence-corrected chi connectivity index (χ2v) is 7.35. The van der Waals surface area contributed by atoms with Crippen LogP contribution in [-0.2, 0) is 0 Å². The number of nitrogens with zero attached hydrogens (tertiary/aromatic N) is 1. The van der Waals surface area contributed by atoms with Crippen LogP contribution >= 0.6 is 11.3 Å². The van der Waals surface area contributed by atoms with Crippen molar-refractivity contribution < 1.29 is 9.72 Å². The van der Waals surface area contributed by atoms with Gasteiger partial charge in [0.1, 0.15) is 0 Å². The number of hydrogen-bond acceptors (Lipinski definition) is 5. The molecule has 0 radical (unpaired) electrons. The topological polar surface area (TPSA) is 98.3 Å². The Hall–Kier alpha value is -1.47. The van der Waals surface area contributed by atoms with E-state index in [1.165, 1.54) is 11.4 Å². The maximum absolute atomic E-state index is 12.2. The number of amides is 1. The third kappa shape index (κ3) is 2.10. The smallest absolute Gasteiger partial charge is 0.324 e. The van der Waals surface area contributed by atoms with Crippen LogP contribution in [0.15, 0.2) is 11.4 Å². The third-order valence-electron chi connectivity index (χ3n) is 4.39. The maximum atomic E-state index is 12.2. The minimum atomic E-state index is -0.491. The number of nitrogens with one attached hydrogen (secondary N) is 1. The van der Waals surface area contributed by atoms with Crippen molar-refractivity contribution in [3.63, 3.8) is 0 Å². The van der Waals surface area contributed by atoms with Crippen molar-refractivity contribution in [2.45, 2.75) is 39.8 Å². The van der Waals surface area contributed by atoms with E-state index in [0.29, 0.717) is 5.56 Å². The van der Waals surface area contributed by atoms with Crippen molar-refractivity contribution in [2.24, 2.45) is 16.6 Å². The van der Waals surface area contributed by atoms with Gasteiger partial charge in [0.15, 0.2) is 0 Å². The molecule has 1 aliphatic carbocycles. The van der Waals surface area contributed by atoms with Crippen LogP contribution in [0.3, 0.4) is 0 Å². The van der Waals surface area contributed by atoms with Gasteiger partial charge in [-0.05, 0) is 0 Å². The molecule has 1 fully saturated rings. The number of carbonyl (C=O) groups is 1. The van der Waals surface area contributed by atoms with Crippen molar-refractivity contribution in [3.8, 4) is 0 Å². The van der Waals surface area contributed by atoms with E-state index in [1.807, 2.05) is 27.7 Å². The first-order chi connectivity index (χ1) is 9.08. The molecule has 0 atom stereocenters. The van der Waals surface area contributed by atoms with E-state index in [2.05, 4.69) is 5.32 Å². The van der Waals surface area contributed by atoms with Crippen molar-refractivity contribution in [1.82, 2.24) is 5.32 Å². The van der Waals surface area contributed by atoms with Gasteiger partial charge in [-0.1, -0.05) is 39.0 Å². The molecule has 0 spiro atoms. The first-order valence-corrected chi connectivity index (χ1v) is 7.26. The van der Waals surface area contributed by atoms with Gasteiger partial charge in [-0.25, -0.2) is 0 Å². The Balaban J connectivity index is 2.14. The summed E-state index contributed by atoms with van der Waals surface area (Å²) in [7, 11) is 0. The summed E-state index contributed by atoms with van der Waals surface area (Å²) in [5, 5.41) is 15.1. The van der Waals surface area contributed by atoms with E-state index in [0.717, 1.165) is 11.3 Å². The Morgan fingerprint density at radius 2 is 1.95 bits per heavy atom. The second-order valence-electron chi connectivity index (χ2n) is 6.46. The zero-order chi connectivity index (χ0) is 15.3. The fourth-order valence-corrected chi connectivity index (χ4v) is 4.01. The average molecular weight is 297 g/mol. The normalized spacial score (nSPS) is 26.6. The lowest BCUT2D eigenvalue weighted by molar-refractivity contribution is -0.380. The van der Waals surface area contributed by atoms with Crippen molar-refractivity contribution in [2.75, 3.05) is 0 Å². The molecule has 3 N–H and O–H groups in total. The molecular weight excluding hydrogens is 278 g/mol. The van der Waals surface area contributed by atoms with Crippen LogP contribution in [0.1, 0.15) is 38.1 Å². The summed E-state index contributed by atoms with van der Waals surface area (Å²) in [5.74, 6) is -0.285. The molecule has 2 rings (SSSR count). The summed E-state index contributed by atoms with van der Waals surface area (Å²) >= 11 is 0.954. The lowest BCUT2D eigenvalue weighted by atomic mass is 9.48. The van der Waals surface area contributed by atoms with Gasteiger partial charge < -0.3 is 11.1 Å². The molecule has 7 heteroatoms. The van der Waals surface area contributed by atoms with Crippen molar-refractivity contribution in [1.29, 1.82) is 0 Å². The molecule has 1 amide bonds. The predicted molar refractivity (Wildman–Crippen MR) is 77.8 cm³/mol. The first-order valence-electron chi connectivity index (χ1n) is 6.38. The van der Waals surface area contributed by atoms with Gasteiger partial charge in [-0.3, -0.25) is 14.9 Å². The van der Waals surface area contributed by atoms with Crippen LogP contribution in [0.4, 0.5) is 5.00 Å². The fraction of sp³-hybridized carbons (Fsp3) is 0.615. The van der Waals surface area contributed by atoms with Gasteiger partial charge in [0.25, 0.3) is 5.91 Å². The summed E-state index contributed by atoms with van der Waals surface area (Å²) in [5.41, 5.74) is 6.09. The molecule has 1 aliphatic rings. The molecule has 6 nitrogen and oxygen atoms in total. The Morgan fingerprint density at radius 1 is 1.40 bits per heavy atom. The van der Waals surface area contributed by atoms with Crippen LogP contribution in [0.5, 0.6) is 0 Å². The minimum Gasteiger partial charge on any atom is -0.348 e. The maximum Gasteiger partial charge on any atom is 0.324 e. The summed E-state index contributed by atoms with van der Waals surface area (Å²) < 4.78 is 0. The molecular formula is C13H19N3O3S. The highest BCUT2D eigenvalue weighted by Crippen LogP contribution is 2.52.